The van der Waals surface area contributed by atoms with Crippen LogP contribution in [0.15, 0.2) is 18.2 Å². The Morgan fingerprint density at radius 1 is 1.19 bits per heavy atom. The fraction of sp³-hybridized carbons (Fsp3) is 0.619. The number of amides is 2. The van der Waals surface area contributed by atoms with Gasteiger partial charge in [-0.3, -0.25) is 9.59 Å². The summed E-state index contributed by atoms with van der Waals surface area (Å²) in [5, 5.41) is 3.03. The van der Waals surface area contributed by atoms with Crippen molar-refractivity contribution in [3.63, 3.8) is 0 Å². The molecule has 0 bridgehead atoms. The molecule has 1 aliphatic heterocycles. The Kier molecular flexibility index (Phi) is 5.97. The lowest BCUT2D eigenvalue weighted by molar-refractivity contribution is -0.120. The van der Waals surface area contributed by atoms with E-state index >= 15 is 0 Å². The van der Waals surface area contributed by atoms with Crippen LogP contribution < -0.4 is 11.1 Å². The van der Waals surface area contributed by atoms with Gasteiger partial charge in [0.25, 0.3) is 5.91 Å². The van der Waals surface area contributed by atoms with E-state index in [0.29, 0.717) is 11.5 Å². The normalized spacial score (nSPS) is 26.4. The Labute approximate surface area is 156 Å². The molecular weight excluding hydrogens is 326 g/mol. The molecule has 0 radical (unpaired) electrons. The Morgan fingerprint density at radius 2 is 2.00 bits per heavy atom. The van der Waals surface area contributed by atoms with Crippen molar-refractivity contribution in [1.82, 2.24) is 4.90 Å². The lowest BCUT2D eigenvalue weighted by Gasteiger charge is -2.31. The van der Waals surface area contributed by atoms with E-state index in [9.17, 15) is 9.59 Å². The summed E-state index contributed by atoms with van der Waals surface area (Å²) >= 11 is 0. The minimum Gasteiger partial charge on any atom is -0.338 e. The van der Waals surface area contributed by atoms with E-state index in [0.717, 1.165) is 56.4 Å². The molecule has 2 amide bonds. The number of aryl methyl sites for hydroxylation is 1. The van der Waals surface area contributed by atoms with Crippen molar-refractivity contribution in [2.24, 2.45) is 17.6 Å². The predicted molar refractivity (Wildman–Crippen MR) is 104 cm³/mol. The number of benzene rings is 1. The number of nitrogens with two attached hydrogens (primary N) is 1. The molecule has 1 aromatic rings. The number of nitrogens with one attached hydrogen (secondary N) is 1. The molecule has 1 aromatic carbocycles. The van der Waals surface area contributed by atoms with Crippen molar-refractivity contribution in [3.8, 4) is 0 Å². The minimum absolute atomic E-state index is 0.00528. The number of carbonyl (C=O) groups excluding carboxylic acids is 2. The number of hydrogen-bond acceptors (Lipinski definition) is 3. The summed E-state index contributed by atoms with van der Waals surface area (Å²) in [6, 6.07) is 5.71. The number of piperidine rings is 1. The maximum atomic E-state index is 12.7. The summed E-state index contributed by atoms with van der Waals surface area (Å²) in [6.07, 6.45) is 5.95. The van der Waals surface area contributed by atoms with Crippen molar-refractivity contribution in [2.75, 3.05) is 18.4 Å². The monoisotopic (exact) mass is 357 g/mol. The molecule has 0 spiro atoms. The summed E-state index contributed by atoms with van der Waals surface area (Å²) in [7, 11) is 0. The van der Waals surface area contributed by atoms with Crippen LogP contribution >= 0.6 is 0 Å². The van der Waals surface area contributed by atoms with Gasteiger partial charge in [-0.2, -0.15) is 0 Å². The van der Waals surface area contributed by atoms with Crippen LogP contribution in [0.4, 0.5) is 5.69 Å². The minimum atomic E-state index is -0.00528. The Morgan fingerprint density at radius 3 is 2.69 bits per heavy atom. The van der Waals surface area contributed by atoms with Crippen LogP contribution in [0.1, 0.15) is 61.4 Å². The van der Waals surface area contributed by atoms with Crippen molar-refractivity contribution in [1.29, 1.82) is 0 Å². The van der Waals surface area contributed by atoms with Crippen molar-refractivity contribution < 1.29 is 9.59 Å². The molecule has 3 rings (SSSR count). The summed E-state index contributed by atoms with van der Waals surface area (Å²) in [4.78, 5) is 27.2. The Bertz CT molecular complexity index is 673. The van der Waals surface area contributed by atoms with Crippen LogP contribution in [0.3, 0.4) is 0 Å². The first kappa shape index (κ1) is 18.9. The van der Waals surface area contributed by atoms with Gasteiger partial charge in [-0.15, -0.1) is 0 Å². The van der Waals surface area contributed by atoms with Gasteiger partial charge in [0, 0.05) is 36.3 Å². The summed E-state index contributed by atoms with van der Waals surface area (Å²) < 4.78 is 0. The molecule has 1 heterocycles. The number of likely N-dealkylation sites (tertiary alicyclic amines) is 1. The van der Waals surface area contributed by atoms with Crippen LogP contribution in [-0.2, 0) is 4.79 Å². The van der Waals surface area contributed by atoms with E-state index in [1.54, 1.807) is 0 Å². The lowest BCUT2D eigenvalue weighted by Crippen LogP contribution is -2.39. The van der Waals surface area contributed by atoms with Crippen LogP contribution in [0.25, 0.3) is 0 Å². The van der Waals surface area contributed by atoms with Gasteiger partial charge in [-0.25, -0.2) is 0 Å². The van der Waals surface area contributed by atoms with Crippen LogP contribution in [0.2, 0.25) is 0 Å². The zero-order valence-corrected chi connectivity index (χ0v) is 16.0. The summed E-state index contributed by atoms with van der Waals surface area (Å²) in [5.41, 5.74) is 8.42. The van der Waals surface area contributed by atoms with Crippen LogP contribution in [0.5, 0.6) is 0 Å². The van der Waals surface area contributed by atoms with E-state index in [1.165, 1.54) is 6.42 Å². The molecule has 1 saturated carbocycles. The molecule has 3 unspecified atom stereocenters. The predicted octanol–water partition coefficient (Wildman–Crippen LogP) is 3.32. The van der Waals surface area contributed by atoms with Gasteiger partial charge in [-0.05, 0) is 68.7 Å². The summed E-state index contributed by atoms with van der Waals surface area (Å²) in [6.45, 7) is 5.80. The average Bonchev–Trinajstić information content (AvgIpc) is 2.62. The number of rotatable bonds is 3. The number of hydrogen-bond donors (Lipinski definition) is 2. The third kappa shape index (κ3) is 4.44. The van der Waals surface area contributed by atoms with E-state index < -0.39 is 0 Å². The average molecular weight is 357 g/mol. The maximum Gasteiger partial charge on any atom is 0.253 e. The number of anilines is 1. The molecule has 5 heteroatoms. The Balaban J connectivity index is 1.65. The van der Waals surface area contributed by atoms with Gasteiger partial charge in [0.2, 0.25) is 5.91 Å². The third-order valence-corrected chi connectivity index (χ3v) is 5.76. The van der Waals surface area contributed by atoms with Crippen molar-refractivity contribution >= 4 is 17.5 Å². The van der Waals surface area contributed by atoms with Crippen LogP contribution in [-0.4, -0.2) is 35.8 Å². The summed E-state index contributed by atoms with van der Waals surface area (Å²) in [5.74, 6) is 0.700. The second-order valence-electron chi connectivity index (χ2n) is 8.14. The molecule has 2 fully saturated rings. The van der Waals surface area contributed by atoms with E-state index in [4.69, 9.17) is 5.73 Å². The molecule has 2 aliphatic rings. The molecule has 1 aliphatic carbocycles. The topological polar surface area (TPSA) is 75.4 Å². The first-order valence-electron chi connectivity index (χ1n) is 9.90. The molecule has 3 N–H and O–H groups in total. The second-order valence-corrected chi connectivity index (χ2v) is 8.14. The highest BCUT2D eigenvalue weighted by atomic mass is 16.2. The smallest absolute Gasteiger partial charge is 0.253 e. The van der Waals surface area contributed by atoms with E-state index in [-0.39, 0.29) is 23.8 Å². The SMILES string of the molecule is Cc1cc(C(=O)N2CCCC(C)C2)ccc1NC(=O)C1CCCC(N)C1. The van der Waals surface area contributed by atoms with E-state index in [2.05, 4.69) is 12.2 Å². The van der Waals surface area contributed by atoms with Crippen LogP contribution in [0, 0.1) is 18.8 Å². The third-order valence-electron chi connectivity index (χ3n) is 5.76. The standard InChI is InChI=1S/C21H31N3O2/c1-14-5-4-10-24(13-14)21(26)17-8-9-19(15(2)11-17)23-20(25)16-6-3-7-18(22)12-16/h8-9,11,14,16,18H,3-7,10,12-13,22H2,1-2H3,(H,23,25). The van der Waals surface area contributed by atoms with Gasteiger partial charge in [0.15, 0.2) is 0 Å². The highest BCUT2D eigenvalue weighted by molar-refractivity contribution is 5.97. The fourth-order valence-corrected chi connectivity index (χ4v) is 4.19. The fourth-order valence-electron chi connectivity index (χ4n) is 4.19. The highest BCUT2D eigenvalue weighted by Gasteiger charge is 2.26. The Hall–Kier alpha value is -1.88. The van der Waals surface area contributed by atoms with Gasteiger partial charge in [-0.1, -0.05) is 13.3 Å². The van der Waals surface area contributed by atoms with E-state index in [1.807, 2.05) is 30.0 Å². The first-order valence-corrected chi connectivity index (χ1v) is 9.90. The first-order chi connectivity index (χ1) is 12.4. The molecule has 5 nitrogen and oxygen atoms in total. The van der Waals surface area contributed by atoms with Gasteiger partial charge >= 0.3 is 0 Å². The molecule has 142 valence electrons. The quantitative estimate of drug-likeness (QED) is 0.871. The van der Waals surface area contributed by atoms with Crippen molar-refractivity contribution in [3.05, 3.63) is 29.3 Å². The molecular formula is C21H31N3O2. The largest absolute Gasteiger partial charge is 0.338 e. The maximum absolute atomic E-state index is 12.7. The zero-order chi connectivity index (χ0) is 18.7. The lowest BCUT2D eigenvalue weighted by atomic mass is 9.85. The molecule has 0 aromatic heterocycles. The highest BCUT2D eigenvalue weighted by Crippen LogP contribution is 2.26. The van der Waals surface area contributed by atoms with Gasteiger partial charge in [0.05, 0.1) is 0 Å². The second kappa shape index (κ2) is 8.21. The number of nitrogens with zero attached hydrogens (tertiary/aromatic N) is 1. The molecule has 26 heavy (non-hydrogen) atoms. The van der Waals surface area contributed by atoms with Gasteiger partial charge in [0.1, 0.15) is 0 Å². The number of carbonyl (C=O) groups is 2. The van der Waals surface area contributed by atoms with Gasteiger partial charge < -0.3 is 16.0 Å². The molecule has 3 atom stereocenters. The van der Waals surface area contributed by atoms with Crippen molar-refractivity contribution in [2.45, 2.75) is 58.4 Å². The molecule has 1 saturated heterocycles. The zero-order valence-electron chi connectivity index (χ0n) is 16.0.